The second-order valence-electron chi connectivity index (χ2n) is 7.20. The highest BCUT2D eigenvalue weighted by molar-refractivity contribution is 5.85. The molecule has 0 aromatic carbocycles. The molecule has 1 saturated heterocycles. The van der Waals surface area contributed by atoms with E-state index in [-0.39, 0.29) is 18.3 Å². The molecule has 9 heteroatoms. The fourth-order valence-corrected chi connectivity index (χ4v) is 3.44. The van der Waals surface area contributed by atoms with E-state index in [1.54, 1.807) is 0 Å². The molecule has 1 amide bonds. The largest absolute Gasteiger partial charge is 0.361 e. The van der Waals surface area contributed by atoms with Crippen LogP contribution in [0.3, 0.4) is 0 Å². The first kappa shape index (κ1) is 22.4. The molecule has 2 aromatic rings. The summed E-state index contributed by atoms with van der Waals surface area (Å²) in [6.45, 7) is 13.1. The number of nitrogens with zero attached hydrogens (tertiary/aromatic N) is 4. The van der Waals surface area contributed by atoms with Gasteiger partial charge in [-0.25, -0.2) is 0 Å². The van der Waals surface area contributed by atoms with Gasteiger partial charge in [0.2, 0.25) is 5.91 Å². The number of halogens is 1. The molecule has 2 aromatic heterocycles. The van der Waals surface area contributed by atoms with Crippen LogP contribution in [-0.2, 0) is 17.9 Å². The Morgan fingerprint density at radius 3 is 1.93 bits per heavy atom. The van der Waals surface area contributed by atoms with Crippen LogP contribution in [0.1, 0.15) is 40.5 Å². The smallest absolute Gasteiger partial charge is 0.223 e. The first-order valence-electron chi connectivity index (χ1n) is 9.50. The summed E-state index contributed by atoms with van der Waals surface area (Å²) < 4.78 is 10.6. The van der Waals surface area contributed by atoms with Gasteiger partial charge in [0.05, 0.1) is 11.4 Å². The van der Waals surface area contributed by atoms with E-state index in [0.29, 0.717) is 26.1 Å². The second-order valence-corrected chi connectivity index (χ2v) is 7.20. The highest BCUT2D eigenvalue weighted by Gasteiger charge is 2.21. The Kier molecular flexibility index (Phi) is 8.03. The minimum Gasteiger partial charge on any atom is -0.361 e. The molecular weight excluding hydrogens is 382 g/mol. The van der Waals surface area contributed by atoms with Crippen LogP contribution in [0.2, 0.25) is 0 Å². The summed E-state index contributed by atoms with van der Waals surface area (Å²) in [4.78, 5) is 16.8. The number of carbonyl (C=O) groups is 1. The monoisotopic (exact) mass is 411 g/mol. The summed E-state index contributed by atoms with van der Waals surface area (Å²) in [6, 6.07) is 0. The molecule has 0 bridgehead atoms. The van der Waals surface area contributed by atoms with Crippen LogP contribution in [0.4, 0.5) is 0 Å². The Hall–Kier alpha value is -1.90. The first-order chi connectivity index (χ1) is 13.0. The first-order valence-corrected chi connectivity index (χ1v) is 9.50. The third-order valence-corrected chi connectivity index (χ3v) is 5.24. The number of amides is 1. The van der Waals surface area contributed by atoms with Gasteiger partial charge in [-0.2, -0.15) is 0 Å². The van der Waals surface area contributed by atoms with E-state index in [1.165, 1.54) is 0 Å². The van der Waals surface area contributed by atoms with Gasteiger partial charge in [-0.3, -0.25) is 9.69 Å². The van der Waals surface area contributed by atoms with Gasteiger partial charge >= 0.3 is 0 Å². The average molecular weight is 412 g/mol. The number of aryl methyl sites for hydroxylation is 4. The van der Waals surface area contributed by atoms with Gasteiger partial charge in [0.15, 0.2) is 0 Å². The Labute approximate surface area is 172 Å². The molecule has 0 aliphatic carbocycles. The highest BCUT2D eigenvalue weighted by atomic mass is 35.5. The SMILES string of the molecule is Cc1noc(C)c1CN(CCC(=O)N1CCNCC1)Cc1c(C)noc1C.Cl. The summed E-state index contributed by atoms with van der Waals surface area (Å²) in [5.41, 5.74) is 3.95. The van der Waals surface area contributed by atoms with Crippen LogP contribution in [0.25, 0.3) is 0 Å². The van der Waals surface area contributed by atoms with Gasteiger partial charge in [-0.05, 0) is 27.7 Å². The number of piperazine rings is 1. The standard InChI is InChI=1S/C19H29N5O3.ClH/c1-13-17(15(3)26-21-13)11-23(12-18-14(2)22-27-16(18)4)8-5-19(25)24-9-6-20-7-10-24;/h20H,5-12H2,1-4H3;1H. The van der Waals surface area contributed by atoms with Crippen LogP contribution in [0.5, 0.6) is 0 Å². The molecule has 0 unspecified atom stereocenters. The molecule has 1 aliphatic heterocycles. The summed E-state index contributed by atoms with van der Waals surface area (Å²) in [5, 5.41) is 11.4. The number of rotatable bonds is 7. The number of hydrogen-bond acceptors (Lipinski definition) is 7. The lowest BCUT2D eigenvalue weighted by Gasteiger charge is -2.29. The maximum atomic E-state index is 12.6. The van der Waals surface area contributed by atoms with E-state index in [4.69, 9.17) is 9.05 Å². The lowest BCUT2D eigenvalue weighted by Crippen LogP contribution is -2.47. The number of aromatic nitrogens is 2. The van der Waals surface area contributed by atoms with Crippen molar-refractivity contribution >= 4 is 18.3 Å². The minimum atomic E-state index is 0. The van der Waals surface area contributed by atoms with E-state index in [0.717, 1.165) is 60.2 Å². The summed E-state index contributed by atoms with van der Waals surface area (Å²) >= 11 is 0. The normalized spacial score (nSPS) is 14.4. The molecule has 0 radical (unpaired) electrons. The molecule has 1 N–H and O–H groups in total. The van der Waals surface area contributed by atoms with Gasteiger partial charge in [0.1, 0.15) is 11.5 Å². The average Bonchev–Trinajstić information content (AvgIpc) is 3.16. The summed E-state index contributed by atoms with van der Waals surface area (Å²) in [7, 11) is 0. The molecule has 0 spiro atoms. The predicted octanol–water partition coefficient (Wildman–Crippen LogP) is 2.14. The van der Waals surface area contributed by atoms with Gasteiger partial charge in [0, 0.05) is 63.4 Å². The lowest BCUT2D eigenvalue weighted by molar-refractivity contribution is -0.132. The second kappa shape index (κ2) is 10.0. The molecule has 0 atom stereocenters. The molecule has 3 rings (SSSR count). The van der Waals surface area contributed by atoms with Gasteiger partial charge in [-0.1, -0.05) is 10.3 Å². The van der Waals surface area contributed by atoms with Crippen molar-refractivity contribution in [3.05, 3.63) is 34.0 Å². The van der Waals surface area contributed by atoms with E-state index in [1.807, 2.05) is 32.6 Å². The van der Waals surface area contributed by atoms with Crippen molar-refractivity contribution in [3.63, 3.8) is 0 Å². The van der Waals surface area contributed by atoms with Crippen molar-refractivity contribution in [2.75, 3.05) is 32.7 Å². The summed E-state index contributed by atoms with van der Waals surface area (Å²) in [6.07, 6.45) is 0.493. The topological polar surface area (TPSA) is 87.6 Å². The van der Waals surface area contributed by atoms with E-state index >= 15 is 0 Å². The molecule has 28 heavy (non-hydrogen) atoms. The van der Waals surface area contributed by atoms with Gasteiger partial charge in [0.25, 0.3) is 0 Å². The van der Waals surface area contributed by atoms with Crippen LogP contribution in [0.15, 0.2) is 9.05 Å². The Morgan fingerprint density at radius 2 is 1.50 bits per heavy atom. The number of carbonyl (C=O) groups excluding carboxylic acids is 1. The molecule has 1 fully saturated rings. The zero-order valence-electron chi connectivity index (χ0n) is 17.1. The van der Waals surface area contributed by atoms with Gasteiger partial charge in [-0.15, -0.1) is 12.4 Å². The number of nitrogens with one attached hydrogen (secondary N) is 1. The third-order valence-electron chi connectivity index (χ3n) is 5.24. The molecule has 1 aliphatic rings. The molecule has 156 valence electrons. The van der Waals surface area contributed by atoms with Crippen LogP contribution in [0, 0.1) is 27.7 Å². The summed E-state index contributed by atoms with van der Waals surface area (Å²) in [5.74, 6) is 1.86. The Bertz CT molecular complexity index is 695. The molecule has 8 nitrogen and oxygen atoms in total. The Balaban J connectivity index is 0.00000280. The lowest BCUT2D eigenvalue weighted by atomic mass is 10.1. The molecule has 3 heterocycles. The zero-order chi connectivity index (χ0) is 19.4. The van der Waals surface area contributed by atoms with Crippen molar-refractivity contribution in [1.29, 1.82) is 0 Å². The van der Waals surface area contributed by atoms with E-state index in [9.17, 15) is 4.79 Å². The fraction of sp³-hybridized carbons (Fsp3) is 0.632. The molecule has 0 saturated carbocycles. The minimum absolute atomic E-state index is 0. The van der Waals surface area contributed by atoms with E-state index in [2.05, 4.69) is 20.5 Å². The quantitative estimate of drug-likeness (QED) is 0.746. The maximum absolute atomic E-state index is 12.6. The van der Waals surface area contributed by atoms with Crippen molar-refractivity contribution in [2.45, 2.75) is 47.2 Å². The van der Waals surface area contributed by atoms with Crippen LogP contribution in [-0.4, -0.2) is 58.7 Å². The third kappa shape index (κ3) is 5.33. The Morgan fingerprint density at radius 1 is 1.00 bits per heavy atom. The predicted molar refractivity (Wildman–Crippen MR) is 107 cm³/mol. The van der Waals surface area contributed by atoms with Crippen LogP contribution >= 0.6 is 12.4 Å². The van der Waals surface area contributed by atoms with E-state index < -0.39 is 0 Å². The van der Waals surface area contributed by atoms with Crippen LogP contribution < -0.4 is 5.32 Å². The van der Waals surface area contributed by atoms with Crippen molar-refractivity contribution in [1.82, 2.24) is 25.4 Å². The van der Waals surface area contributed by atoms with Crippen molar-refractivity contribution < 1.29 is 13.8 Å². The molecular formula is C19H30ClN5O3. The van der Waals surface area contributed by atoms with Crippen molar-refractivity contribution in [3.8, 4) is 0 Å². The van der Waals surface area contributed by atoms with Gasteiger partial charge < -0.3 is 19.3 Å². The zero-order valence-corrected chi connectivity index (χ0v) is 17.9. The highest BCUT2D eigenvalue weighted by Crippen LogP contribution is 2.20. The number of hydrogen-bond donors (Lipinski definition) is 1. The fourth-order valence-electron chi connectivity index (χ4n) is 3.44. The van der Waals surface area contributed by atoms with Crippen molar-refractivity contribution in [2.24, 2.45) is 0 Å². The maximum Gasteiger partial charge on any atom is 0.223 e.